The number of hydrogen-bond acceptors (Lipinski definition) is 2. The van der Waals surface area contributed by atoms with E-state index in [-0.39, 0.29) is 0 Å². The number of anilines is 6. The highest BCUT2D eigenvalue weighted by molar-refractivity contribution is 6.89. The lowest BCUT2D eigenvalue weighted by Crippen LogP contribution is -2.37. The fourth-order valence-corrected chi connectivity index (χ4v) is 14.8. The number of benzene rings is 12. The first-order valence-electron chi connectivity index (χ1n) is 29.7. The Hall–Kier alpha value is -9.33. The van der Waals surface area contributed by atoms with Crippen LogP contribution in [-0.4, -0.2) is 16.1 Å². The van der Waals surface area contributed by atoms with Crippen molar-refractivity contribution in [3.8, 4) is 55.6 Å². The zero-order chi connectivity index (χ0) is 57.4. The van der Waals surface area contributed by atoms with Crippen molar-refractivity contribution in [3.05, 3.63) is 297 Å². The van der Waals surface area contributed by atoms with Crippen molar-refractivity contribution in [2.24, 2.45) is 0 Å². The van der Waals surface area contributed by atoms with Crippen molar-refractivity contribution in [2.75, 3.05) is 9.80 Å². The van der Waals surface area contributed by atoms with Gasteiger partial charge in [0.25, 0.3) is 0 Å². The summed E-state index contributed by atoms with van der Waals surface area (Å²) in [7, 11) is -3.12. The molecule has 0 bridgehead atoms. The number of nitrogens with zero attached hydrogens (tertiary/aromatic N) is 2. The molecule has 0 unspecified atom stereocenters. The first-order valence-corrected chi connectivity index (χ1v) is 36.7. The quantitative estimate of drug-likeness (QED) is 0.0791. The molecule has 0 saturated carbocycles. The van der Waals surface area contributed by atoms with Gasteiger partial charge in [-0.2, -0.15) is 49.7 Å². The molecule has 1 aliphatic carbocycles. The molecule has 0 radical (unpaired) electrons. The van der Waals surface area contributed by atoms with Crippen molar-refractivity contribution in [1.29, 1.82) is 0 Å². The molecule has 410 valence electrons. The minimum atomic E-state index is -1.56. The number of para-hydroxylation sites is 2. The van der Waals surface area contributed by atoms with Crippen LogP contribution in [0.4, 0.5) is 34.1 Å². The van der Waals surface area contributed by atoms with Gasteiger partial charge in [0.05, 0.1) is 0 Å². The Morgan fingerprint density at radius 1 is 0.286 bits per heavy atom. The highest BCUT2D eigenvalue weighted by atomic mass is 28.3. The summed E-state index contributed by atoms with van der Waals surface area (Å²) < 4.78 is 0. The molecule has 1 aliphatic rings. The largest absolute Gasteiger partial charge is 0.310 e. The molecule has 0 aliphatic heterocycles. The molecule has 0 fully saturated rings. The van der Waals surface area contributed by atoms with E-state index in [0.717, 1.165) is 52.5 Å². The number of allylic oxidation sites excluding steroid dienone is 4. The Labute approximate surface area is 499 Å². The van der Waals surface area contributed by atoms with Crippen molar-refractivity contribution in [2.45, 2.75) is 52.1 Å². The van der Waals surface area contributed by atoms with Crippen LogP contribution in [0.25, 0.3) is 82.8 Å². The Balaban J connectivity index is 1.08. The van der Waals surface area contributed by atoms with Crippen LogP contribution in [0.2, 0.25) is 39.3 Å². The van der Waals surface area contributed by atoms with Crippen LogP contribution < -0.4 is 20.2 Å². The van der Waals surface area contributed by atoms with Gasteiger partial charge >= 0.3 is 0 Å². The normalized spacial score (nSPS) is 12.6. The molecule has 0 atom stereocenters. The average molecular weight is 1120 g/mol. The lowest BCUT2D eigenvalue weighted by atomic mass is 9.84. The summed E-state index contributed by atoms with van der Waals surface area (Å²) in [4.78, 5) is 4.87. The van der Waals surface area contributed by atoms with E-state index in [2.05, 4.69) is 340 Å². The molecule has 13 rings (SSSR count). The maximum atomic E-state index is 2.47. The third-order valence-electron chi connectivity index (χ3n) is 16.9. The zero-order valence-corrected chi connectivity index (χ0v) is 51.0. The van der Waals surface area contributed by atoms with E-state index < -0.39 is 16.1 Å². The third-order valence-corrected chi connectivity index (χ3v) is 21.0. The van der Waals surface area contributed by atoms with Crippen molar-refractivity contribution < 1.29 is 0 Å². The minimum absolute atomic E-state index is 1.04. The van der Waals surface area contributed by atoms with E-state index in [9.17, 15) is 0 Å². The van der Waals surface area contributed by atoms with Gasteiger partial charge in [0.15, 0.2) is 0 Å². The summed E-state index contributed by atoms with van der Waals surface area (Å²) in [5, 5.41) is 7.64. The van der Waals surface area contributed by atoms with Gasteiger partial charge in [-0.25, -0.2) is 0 Å². The molecule has 0 N–H and O–H groups in total. The van der Waals surface area contributed by atoms with E-state index in [1.165, 1.54) is 93.1 Å². The summed E-state index contributed by atoms with van der Waals surface area (Å²) in [5.74, 6) is 0. The maximum absolute atomic E-state index is 2.47. The molecule has 84 heavy (non-hydrogen) atoms. The smallest absolute Gasteiger partial charge is 0.0468 e. The highest BCUT2D eigenvalue weighted by Crippen LogP contribution is 2.49. The predicted octanol–water partition coefficient (Wildman–Crippen LogP) is 22.1. The fourth-order valence-electron chi connectivity index (χ4n) is 12.5. The van der Waals surface area contributed by atoms with Crippen molar-refractivity contribution in [3.63, 3.8) is 0 Å². The van der Waals surface area contributed by atoms with Gasteiger partial charge in [0.2, 0.25) is 0 Å². The van der Waals surface area contributed by atoms with Crippen LogP contribution in [0, 0.1) is 0 Å². The van der Waals surface area contributed by atoms with Crippen LogP contribution in [0.3, 0.4) is 0 Å². The molecule has 0 aromatic heterocycles. The van der Waals surface area contributed by atoms with Gasteiger partial charge in [-0.3, -0.25) is 0 Å². The van der Waals surface area contributed by atoms with Gasteiger partial charge < -0.3 is 9.80 Å². The summed E-state index contributed by atoms with van der Waals surface area (Å²) in [6, 6.07) is 102. The minimum Gasteiger partial charge on any atom is -0.310 e. The van der Waals surface area contributed by atoms with Crippen LogP contribution in [-0.2, 0) is 0 Å². The highest BCUT2D eigenvalue weighted by Gasteiger charge is 2.24. The van der Waals surface area contributed by atoms with E-state index in [4.69, 9.17) is 0 Å². The summed E-state index contributed by atoms with van der Waals surface area (Å²) in [6.45, 7) is 14.5. The van der Waals surface area contributed by atoms with Gasteiger partial charge in [0.1, 0.15) is 0 Å². The molecular weight excluding hydrogens is 1050 g/mol. The topological polar surface area (TPSA) is 6.48 Å². The van der Waals surface area contributed by atoms with E-state index in [1.54, 1.807) is 0 Å². The van der Waals surface area contributed by atoms with Gasteiger partial charge in [-0.15, -0.1) is 16.1 Å². The summed E-state index contributed by atoms with van der Waals surface area (Å²) >= 11 is 0. The Bertz CT molecular complexity index is 4380. The van der Waals surface area contributed by atoms with Crippen LogP contribution >= 0.6 is 0 Å². The Morgan fingerprint density at radius 2 is 0.619 bits per heavy atom. The second kappa shape index (κ2) is 22.8. The summed E-state index contributed by atoms with van der Waals surface area (Å²) in [6.07, 6.45) is 8.87. The molecule has 2 nitrogen and oxygen atoms in total. The second-order valence-corrected chi connectivity index (χ2v) is 34.6. The monoisotopic (exact) mass is 1110 g/mol. The fraction of sp³-hybridized carbons (Fsp3) is 0.100. The van der Waals surface area contributed by atoms with E-state index in [0.29, 0.717) is 0 Å². The second-order valence-electron chi connectivity index (χ2n) is 24.4. The molecule has 0 heterocycles. The van der Waals surface area contributed by atoms with Crippen LogP contribution in [0.15, 0.2) is 291 Å². The third kappa shape index (κ3) is 10.7. The molecule has 4 heteroatoms. The standard InChI is InChI=1S/C80H70N2Si2/c1-83(2,3)69-49-43-65(44-50-69)81(63-27-15-9-16-28-63)67-47-53-75-77(55-67)79(61-39-35-59(36-40-61)73-33-21-19-31-71(73)57-23-11-7-12-24-57)76-54-48-68(82(64-29-17-10-18-30-64)66-45-51-70(52-46-66)84(4,5)6)56-78(76)80(75)62-41-37-60(38-42-62)74-34-22-20-32-72(74)58-25-13-8-14-26-58/h7-13,15-25,27-56H,14,26H2,1-6H3/q-2. The number of fused-ring (bicyclic) bond motifs is 2. The van der Waals surface area contributed by atoms with Crippen LogP contribution in [0.1, 0.15) is 18.4 Å². The molecule has 12 aromatic carbocycles. The van der Waals surface area contributed by atoms with Gasteiger partial charge in [0, 0.05) is 34.1 Å². The molecule has 12 aromatic rings. The lowest BCUT2D eigenvalue weighted by Gasteiger charge is -2.31. The van der Waals surface area contributed by atoms with E-state index in [1.807, 2.05) is 0 Å². The Morgan fingerprint density at radius 3 is 1.01 bits per heavy atom. The van der Waals surface area contributed by atoms with Crippen molar-refractivity contribution in [1.82, 2.24) is 0 Å². The first kappa shape index (κ1) is 54.0. The molecular formula is C80H70N2Si2-2. The SMILES string of the molecule is C[Si-](C)(C)c1ccc(N(c2ccccc2)c2ccc3c(-c4ccc(-c5ccccc5-c5ccccc5)cc4)c4cc(N(c5ccccc5)c5ccc([Si-](C)(C)C)cc5)ccc4c(-c4ccc(-c5ccccc5C5=CC=CCC5)cc4)c3c2)cc1. The Kier molecular flexibility index (Phi) is 14.6. The number of rotatable bonds is 14. The molecule has 0 amide bonds. The zero-order valence-electron chi connectivity index (χ0n) is 49.0. The molecule has 0 spiro atoms. The van der Waals surface area contributed by atoms with Gasteiger partial charge in [-0.05, 0) is 174 Å². The predicted molar refractivity (Wildman–Crippen MR) is 370 cm³/mol. The lowest BCUT2D eigenvalue weighted by molar-refractivity contribution is 1.05. The van der Waals surface area contributed by atoms with Crippen LogP contribution in [0.5, 0.6) is 0 Å². The van der Waals surface area contributed by atoms with Crippen molar-refractivity contribution >= 4 is 87.8 Å². The van der Waals surface area contributed by atoms with Gasteiger partial charge in [-0.1, -0.05) is 218 Å². The maximum Gasteiger partial charge on any atom is 0.0468 e. The summed E-state index contributed by atoms with van der Waals surface area (Å²) in [5.41, 5.74) is 21.4. The van der Waals surface area contributed by atoms with E-state index >= 15 is 0 Å². The number of hydrogen-bond donors (Lipinski definition) is 0. The average Bonchev–Trinajstić information content (AvgIpc) is 1.51. The first-order chi connectivity index (χ1) is 40.9. The molecule has 0 saturated heterocycles.